The Morgan fingerprint density at radius 3 is 1.25 bits per heavy atom. The van der Waals surface area contributed by atoms with Gasteiger partial charge in [0.25, 0.3) is 0 Å². The summed E-state index contributed by atoms with van der Waals surface area (Å²) >= 11 is 0. The maximum atomic E-state index is 14.0. The minimum absolute atomic E-state index is 0.288. The van der Waals surface area contributed by atoms with Gasteiger partial charge in [-0.3, -0.25) is 9.97 Å². The number of pyridine rings is 2. The van der Waals surface area contributed by atoms with Gasteiger partial charge in [-0.15, -0.1) is 0 Å². The lowest BCUT2D eigenvalue weighted by Gasteiger charge is -2.16. The van der Waals surface area contributed by atoms with Crippen molar-refractivity contribution >= 4 is 33.7 Å². The number of aromatic nitrogens is 2. The Morgan fingerprint density at radius 1 is 0.523 bits per heavy atom. The van der Waals surface area contributed by atoms with Gasteiger partial charge in [-0.05, 0) is 59.4 Å². The molecule has 0 aliphatic rings. The predicted molar refractivity (Wildman–Crippen MR) is 173 cm³/mol. The number of hydrogen-bond acceptors (Lipinski definition) is 6. The second-order valence-electron chi connectivity index (χ2n) is 11.4. The molecule has 0 aliphatic carbocycles. The van der Waals surface area contributed by atoms with E-state index in [0.29, 0.717) is 56.3 Å². The fourth-order valence-corrected chi connectivity index (χ4v) is 5.29. The van der Waals surface area contributed by atoms with E-state index in [1.165, 1.54) is 0 Å². The summed E-state index contributed by atoms with van der Waals surface area (Å²) in [6.45, 7) is 8.43. The van der Waals surface area contributed by atoms with Crippen LogP contribution in [0.3, 0.4) is 0 Å². The maximum Gasteiger partial charge on any atom is 0.344 e. The van der Waals surface area contributed by atoms with Crippen LogP contribution in [0.2, 0.25) is 0 Å². The van der Waals surface area contributed by atoms with E-state index in [1.807, 2.05) is 72.8 Å². The third-order valence-electron chi connectivity index (χ3n) is 7.76. The number of esters is 2. The second-order valence-corrected chi connectivity index (χ2v) is 11.4. The summed E-state index contributed by atoms with van der Waals surface area (Å²) in [5.41, 5.74) is 4.96. The van der Waals surface area contributed by atoms with Crippen molar-refractivity contribution in [3.8, 4) is 22.6 Å². The number of ether oxygens (including phenoxy) is 2. The topological polar surface area (TPSA) is 78.4 Å². The standard InChI is InChI=1S/C38H32N2O4/c1-23(2)25-13-17-27(18-14-25)43-37(41)35-29-9-5-7-11-33(29)39-21-31(35)32-22-40-34-12-8-6-10-30(34)36(32)38(42)44-28-19-15-26(16-20-28)24(3)4/h5-24H,1-4H3. The highest BCUT2D eigenvalue weighted by Gasteiger charge is 2.26. The van der Waals surface area contributed by atoms with Gasteiger partial charge in [0.2, 0.25) is 0 Å². The average molecular weight is 581 g/mol. The predicted octanol–water partition coefficient (Wildman–Crippen LogP) is 9.14. The smallest absolute Gasteiger partial charge is 0.344 e. The molecule has 4 aromatic carbocycles. The van der Waals surface area contributed by atoms with Gasteiger partial charge in [0.1, 0.15) is 11.5 Å². The van der Waals surface area contributed by atoms with Crippen LogP contribution >= 0.6 is 0 Å². The van der Waals surface area contributed by atoms with Crippen LogP contribution in [0.4, 0.5) is 0 Å². The molecule has 0 aliphatic heterocycles. The van der Waals surface area contributed by atoms with Crippen LogP contribution in [-0.2, 0) is 0 Å². The van der Waals surface area contributed by atoms with Crippen LogP contribution in [0.1, 0.15) is 71.4 Å². The minimum atomic E-state index is -0.562. The summed E-state index contributed by atoms with van der Waals surface area (Å²) in [5, 5.41) is 1.20. The van der Waals surface area contributed by atoms with E-state index in [1.54, 1.807) is 36.7 Å². The third kappa shape index (κ3) is 5.66. The zero-order valence-electron chi connectivity index (χ0n) is 25.1. The van der Waals surface area contributed by atoms with Gasteiger partial charge < -0.3 is 9.47 Å². The van der Waals surface area contributed by atoms with Crippen molar-refractivity contribution in [2.75, 3.05) is 0 Å². The first-order chi connectivity index (χ1) is 21.3. The Balaban J connectivity index is 1.49. The molecule has 0 atom stereocenters. The molecule has 218 valence electrons. The summed E-state index contributed by atoms with van der Waals surface area (Å²) in [7, 11) is 0. The van der Waals surface area contributed by atoms with Crippen molar-refractivity contribution in [2.45, 2.75) is 39.5 Å². The van der Waals surface area contributed by atoms with E-state index in [0.717, 1.165) is 11.1 Å². The fraction of sp³-hybridized carbons (Fsp3) is 0.158. The highest BCUT2D eigenvalue weighted by molar-refractivity contribution is 6.15. The van der Waals surface area contributed by atoms with Crippen LogP contribution in [0.25, 0.3) is 32.9 Å². The molecule has 0 saturated heterocycles. The van der Waals surface area contributed by atoms with Crippen molar-refractivity contribution < 1.29 is 19.1 Å². The number of para-hydroxylation sites is 2. The van der Waals surface area contributed by atoms with Gasteiger partial charge in [0.05, 0.1) is 22.2 Å². The van der Waals surface area contributed by atoms with E-state index < -0.39 is 11.9 Å². The SMILES string of the molecule is CC(C)c1ccc(OC(=O)c2c(-c3cnc4ccccc4c3C(=O)Oc3ccc(C(C)C)cc3)cnc3ccccc23)cc1. The summed E-state index contributed by atoms with van der Waals surface area (Å²) in [6.07, 6.45) is 3.20. The summed E-state index contributed by atoms with van der Waals surface area (Å²) < 4.78 is 11.8. The van der Waals surface area contributed by atoms with Crippen LogP contribution in [0.15, 0.2) is 109 Å². The van der Waals surface area contributed by atoms with Crippen LogP contribution in [0.5, 0.6) is 11.5 Å². The average Bonchev–Trinajstić information content (AvgIpc) is 3.04. The van der Waals surface area contributed by atoms with E-state index in [4.69, 9.17) is 9.47 Å². The number of fused-ring (bicyclic) bond motifs is 2. The van der Waals surface area contributed by atoms with Crippen molar-refractivity contribution in [2.24, 2.45) is 0 Å². The molecular formula is C38H32N2O4. The van der Waals surface area contributed by atoms with Gasteiger partial charge in [-0.25, -0.2) is 9.59 Å². The van der Waals surface area contributed by atoms with E-state index >= 15 is 0 Å². The number of carbonyl (C=O) groups is 2. The van der Waals surface area contributed by atoms with Crippen molar-refractivity contribution in [3.05, 3.63) is 132 Å². The largest absolute Gasteiger partial charge is 0.423 e. The molecule has 0 unspecified atom stereocenters. The fourth-order valence-electron chi connectivity index (χ4n) is 5.29. The molecule has 44 heavy (non-hydrogen) atoms. The molecule has 0 saturated carbocycles. The molecular weight excluding hydrogens is 548 g/mol. The molecule has 2 aromatic heterocycles. The quantitative estimate of drug-likeness (QED) is 0.138. The third-order valence-corrected chi connectivity index (χ3v) is 7.76. The zero-order chi connectivity index (χ0) is 30.8. The summed E-state index contributed by atoms with van der Waals surface area (Å²) in [6, 6.07) is 29.7. The Morgan fingerprint density at radius 2 is 0.886 bits per heavy atom. The van der Waals surface area contributed by atoms with Crippen molar-refractivity contribution in [1.82, 2.24) is 9.97 Å². The summed E-state index contributed by atoms with van der Waals surface area (Å²) in [4.78, 5) is 37.2. The normalized spacial score (nSPS) is 11.3. The Kier molecular flexibility index (Phi) is 7.90. The Labute approximate surface area is 256 Å². The molecule has 6 aromatic rings. The van der Waals surface area contributed by atoms with Gasteiger partial charge in [-0.2, -0.15) is 0 Å². The maximum absolute atomic E-state index is 14.0. The number of nitrogens with zero attached hydrogens (tertiary/aromatic N) is 2. The van der Waals surface area contributed by atoms with Crippen molar-refractivity contribution in [1.29, 1.82) is 0 Å². The molecule has 0 bridgehead atoms. The van der Waals surface area contributed by atoms with Crippen LogP contribution in [-0.4, -0.2) is 21.9 Å². The minimum Gasteiger partial charge on any atom is -0.423 e. The van der Waals surface area contributed by atoms with Gasteiger partial charge >= 0.3 is 11.9 Å². The van der Waals surface area contributed by atoms with E-state index in [9.17, 15) is 9.59 Å². The van der Waals surface area contributed by atoms with Gasteiger partial charge in [0.15, 0.2) is 0 Å². The first-order valence-corrected chi connectivity index (χ1v) is 14.7. The highest BCUT2D eigenvalue weighted by atomic mass is 16.5. The summed E-state index contributed by atoms with van der Waals surface area (Å²) in [5.74, 6) is 0.421. The lowest BCUT2D eigenvalue weighted by molar-refractivity contribution is 0.0725. The number of carbonyl (C=O) groups excluding carboxylic acids is 2. The molecule has 0 amide bonds. The Hall–Kier alpha value is -5.36. The lowest BCUT2D eigenvalue weighted by atomic mass is 9.93. The molecule has 6 nitrogen and oxygen atoms in total. The van der Waals surface area contributed by atoms with E-state index in [2.05, 4.69) is 37.7 Å². The highest BCUT2D eigenvalue weighted by Crippen LogP contribution is 2.35. The zero-order valence-corrected chi connectivity index (χ0v) is 25.1. The van der Waals surface area contributed by atoms with Gasteiger partial charge in [0, 0.05) is 34.3 Å². The first kappa shape index (κ1) is 28.7. The van der Waals surface area contributed by atoms with Crippen molar-refractivity contribution in [3.63, 3.8) is 0 Å². The van der Waals surface area contributed by atoms with Crippen LogP contribution < -0.4 is 9.47 Å². The molecule has 6 heteroatoms. The second kappa shape index (κ2) is 12.1. The number of hydrogen-bond donors (Lipinski definition) is 0. The van der Waals surface area contributed by atoms with Crippen LogP contribution in [0, 0.1) is 0 Å². The molecule has 0 fully saturated rings. The first-order valence-electron chi connectivity index (χ1n) is 14.7. The molecule has 0 radical (unpaired) electrons. The number of rotatable bonds is 7. The Bertz CT molecular complexity index is 1850. The molecule has 0 spiro atoms. The molecule has 6 rings (SSSR count). The van der Waals surface area contributed by atoms with E-state index in [-0.39, 0.29) is 11.1 Å². The molecule has 0 N–H and O–H groups in total. The van der Waals surface area contributed by atoms with Gasteiger partial charge in [-0.1, -0.05) is 88.4 Å². The number of benzene rings is 4. The monoisotopic (exact) mass is 580 g/mol. The lowest BCUT2D eigenvalue weighted by Crippen LogP contribution is -2.15. The molecule has 2 heterocycles.